The first-order chi connectivity index (χ1) is 6.24. The Hall–Kier alpha value is -0.890. The minimum absolute atomic E-state index is 0.257. The summed E-state index contributed by atoms with van der Waals surface area (Å²) in [6, 6.07) is 3.99. The SMILES string of the molecule is CC(C)C(CO)Cc1cccnc1. The summed E-state index contributed by atoms with van der Waals surface area (Å²) in [4.78, 5) is 4.05. The number of hydrogen-bond donors (Lipinski definition) is 1. The van der Waals surface area contributed by atoms with Crippen LogP contribution in [0.25, 0.3) is 0 Å². The normalized spacial score (nSPS) is 13.2. The highest BCUT2D eigenvalue weighted by molar-refractivity contribution is 5.09. The summed E-state index contributed by atoms with van der Waals surface area (Å²) in [5.41, 5.74) is 1.20. The van der Waals surface area contributed by atoms with Crippen molar-refractivity contribution in [2.45, 2.75) is 20.3 Å². The molecule has 1 unspecified atom stereocenters. The van der Waals surface area contributed by atoms with Gasteiger partial charge in [-0.3, -0.25) is 4.98 Å². The van der Waals surface area contributed by atoms with Crippen LogP contribution in [-0.4, -0.2) is 16.7 Å². The first-order valence-electron chi connectivity index (χ1n) is 4.73. The second-order valence-electron chi connectivity index (χ2n) is 3.75. The van der Waals surface area contributed by atoms with E-state index in [0.29, 0.717) is 11.8 Å². The van der Waals surface area contributed by atoms with E-state index < -0.39 is 0 Å². The van der Waals surface area contributed by atoms with Crippen LogP contribution in [0.15, 0.2) is 24.5 Å². The molecule has 0 aromatic carbocycles. The minimum Gasteiger partial charge on any atom is -0.396 e. The Morgan fingerprint density at radius 3 is 2.69 bits per heavy atom. The molecule has 0 fully saturated rings. The second kappa shape index (κ2) is 4.97. The van der Waals surface area contributed by atoms with Crippen LogP contribution < -0.4 is 0 Å². The number of nitrogens with zero attached hydrogens (tertiary/aromatic N) is 1. The van der Waals surface area contributed by atoms with E-state index in [9.17, 15) is 0 Å². The molecule has 0 aliphatic rings. The van der Waals surface area contributed by atoms with Crippen LogP contribution in [-0.2, 0) is 6.42 Å². The zero-order valence-corrected chi connectivity index (χ0v) is 8.27. The lowest BCUT2D eigenvalue weighted by Crippen LogP contribution is -2.16. The summed E-state index contributed by atoms with van der Waals surface area (Å²) in [5, 5.41) is 9.14. The van der Waals surface area contributed by atoms with E-state index in [2.05, 4.69) is 24.9 Å². The van der Waals surface area contributed by atoms with Crippen LogP contribution in [0.5, 0.6) is 0 Å². The molecule has 1 aromatic heterocycles. The Labute approximate surface area is 79.6 Å². The molecule has 0 aliphatic carbocycles. The van der Waals surface area contributed by atoms with E-state index in [4.69, 9.17) is 5.11 Å². The van der Waals surface area contributed by atoms with Gasteiger partial charge < -0.3 is 5.11 Å². The molecule has 0 amide bonds. The third-order valence-corrected chi connectivity index (χ3v) is 2.40. The van der Waals surface area contributed by atoms with Gasteiger partial charge in [0.2, 0.25) is 0 Å². The summed E-state index contributed by atoms with van der Waals surface area (Å²) < 4.78 is 0. The maximum Gasteiger partial charge on any atom is 0.0464 e. The Balaban J connectivity index is 2.57. The summed E-state index contributed by atoms with van der Waals surface area (Å²) in [7, 11) is 0. The lowest BCUT2D eigenvalue weighted by Gasteiger charge is -2.17. The highest BCUT2D eigenvalue weighted by Gasteiger charge is 2.12. The number of aromatic nitrogens is 1. The van der Waals surface area contributed by atoms with Crippen molar-refractivity contribution in [3.8, 4) is 0 Å². The molecule has 0 saturated heterocycles. The third kappa shape index (κ3) is 3.15. The topological polar surface area (TPSA) is 33.1 Å². The molecule has 0 radical (unpaired) electrons. The van der Waals surface area contributed by atoms with E-state index in [1.807, 2.05) is 12.3 Å². The second-order valence-corrected chi connectivity index (χ2v) is 3.75. The Morgan fingerprint density at radius 2 is 2.23 bits per heavy atom. The van der Waals surface area contributed by atoms with Crippen molar-refractivity contribution in [2.75, 3.05) is 6.61 Å². The molecule has 1 N–H and O–H groups in total. The molecule has 1 heterocycles. The summed E-state index contributed by atoms with van der Waals surface area (Å²) >= 11 is 0. The molecule has 1 rings (SSSR count). The zero-order chi connectivity index (χ0) is 9.68. The highest BCUT2D eigenvalue weighted by atomic mass is 16.3. The van der Waals surface area contributed by atoms with Crippen LogP contribution >= 0.6 is 0 Å². The number of pyridine rings is 1. The van der Waals surface area contributed by atoms with E-state index in [1.54, 1.807) is 6.20 Å². The molecule has 0 spiro atoms. The standard InChI is InChI=1S/C11H17NO/c1-9(2)11(8-13)6-10-4-3-5-12-7-10/h3-5,7,9,11,13H,6,8H2,1-2H3. The number of aliphatic hydroxyl groups excluding tert-OH is 1. The Kier molecular flexibility index (Phi) is 3.90. The van der Waals surface area contributed by atoms with Crippen molar-refractivity contribution in [1.82, 2.24) is 4.98 Å². The molecular weight excluding hydrogens is 162 g/mol. The molecule has 2 heteroatoms. The van der Waals surface area contributed by atoms with Crippen molar-refractivity contribution >= 4 is 0 Å². The fourth-order valence-electron chi connectivity index (χ4n) is 1.33. The lowest BCUT2D eigenvalue weighted by atomic mass is 9.91. The van der Waals surface area contributed by atoms with Crippen molar-refractivity contribution in [1.29, 1.82) is 0 Å². The Morgan fingerprint density at radius 1 is 1.46 bits per heavy atom. The molecule has 0 saturated carbocycles. The van der Waals surface area contributed by atoms with Crippen LogP contribution in [0.3, 0.4) is 0 Å². The van der Waals surface area contributed by atoms with Crippen LogP contribution in [0.1, 0.15) is 19.4 Å². The summed E-state index contributed by atoms with van der Waals surface area (Å²) in [6.07, 6.45) is 4.56. The van der Waals surface area contributed by atoms with E-state index in [-0.39, 0.29) is 6.61 Å². The number of rotatable bonds is 4. The maximum atomic E-state index is 9.14. The van der Waals surface area contributed by atoms with Gasteiger partial charge in [0.05, 0.1) is 0 Å². The summed E-state index contributed by atoms with van der Waals surface area (Å²) in [6.45, 7) is 4.53. The van der Waals surface area contributed by atoms with Gasteiger partial charge in [-0.05, 0) is 29.9 Å². The van der Waals surface area contributed by atoms with Crippen LogP contribution in [0, 0.1) is 11.8 Å². The minimum atomic E-state index is 0.257. The van der Waals surface area contributed by atoms with Gasteiger partial charge >= 0.3 is 0 Å². The lowest BCUT2D eigenvalue weighted by molar-refractivity contribution is 0.189. The molecule has 1 aromatic rings. The van der Waals surface area contributed by atoms with Gasteiger partial charge in [-0.15, -0.1) is 0 Å². The Bertz CT molecular complexity index is 233. The predicted octanol–water partition coefficient (Wildman–Crippen LogP) is 1.89. The molecule has 0 bridgehead atoms. The molecule has 1 atom stereocenters. The van der Waals surface area contributed by atoms with Crippen molar-refractivity contribution in [3.63, 3.8) is 0 Å². The van der Waals surface area contributed by atoms with Gasteiger partial charge in [-0.25, -0.2) is 0 Å². The van der Waals surface area contributed by atoms with Gasteiger partial charge in [-0.2, -0.15) is 0 Å². The third-order valence-electron chi connectivity index (χ3n) is 2.40. The molecule has 72 valence electrons. The largest absolute Gasteiger partial charge is 0.396 e. The molecule has 13 heavy (non-hydrogen) atoms. The van der Waals surface area contributed by atoms with Crippen molar-refractivity contribution in [2.24, 2.45) is 11.8 Å². The maximum absolute atomic E-state index is 9.14. The zero-order valence-electron chi connectivity index (χ0n) is 8.27. The van der Waals surface area contributed by atoms with E-state index in [1.165, 1.54) is 5.56 Å². The first-order valence-corrected chi connectivity index (χ1v) is 4.73. The average Bonchev–Trinajstić information content (AvgIpc) is 2.15. The van der Waals surface area contributed by atoms with E-state index in [0.717, 1.165) is 6.42 Å². The first kappa shape index (κ1) is 10.2. The monoisotopic (exact) mass is 179 g/mol. The van der Waals surface area contributed by atoms with Crippen LogP contribution in [0.4, 0.5) is 0 Å². The number of hydrogen-bond acceptors (Lipinski definition) is 2. The smallest absolute Gasteiger partial charge is 0.0464 e. The molecule has 0 aliphatic heterocycles. The van der Waals surface area contributed by atoms with Gasteiger partial charge in [0.25, 0.3) is 0 Å². The van der Waals surface area contributed by atoms with Gasteiger partial charge in [0.15, 0.2) is 0 Å². The number of aliphatic hydroxyl groups is 1. The van der Waals surface area contributed by atoms with Gasteiger partial charge in [0.1, 0.15) is 0 Å². The molecular formula is C11H17NO. The van der Waals surface area contributed by atoms with Crippen molar-refractivity contribution < 1.29 is 5.11 Å². The van der Waals surface area contributed by atoms with Crippen LogP contribution in [0.2, 0.25) is 0 Å². The average molecular weight is 179 g/mol. The molecule has 2 nitrogen and oxygen atoms in total. The van der Waals surface area contributed by atoms with E-state index >= 15 is 0 Å². The van der Waals surface area contributed by atoms with Gasteiger partial charge in [-0.1, -0.05) is 19.9 Å². The predicted molar refractivity (Wildman–Crippen MR) is 53.4 cm³/mol. The summed E-state index contributed by atoms with van der Waals surface area (Å²) in [5.74, 6) is 0.870. The fraction of sp³-hybridized carbons (Fsp3) is 0.545. The van der Waals surface area contributed by atoms with Crippen molar-refractivity contribution in [3.05, 3.63) is 30.1 Å². The fourth-order valence-corrected chi connectivity index (χ4v) is 1.33. The highest BCUT2D eigenvalue weighted by Crippen LogP contribution is 2.15. The van der Waals surface area contributed by atoms with Gasteiger partial charge in [0, 0.05) is 19.0 Å². The quantitative estimate of drug-likeness (QED) is 0.765.